The van der Waals surface area contributed by atoms with Crippen LogP contribution in [-0.2, 0) is 6.42 Å². The van der Waals surface area contributed by atoms with Crippen molar-refractivity contribution in [2.75, 3.05) is 0 Å². The maximum absolute atomic E-state index is 4.06. The fourth-order valence-corrected chi connectivity index (χ4v) is 2.12. The number of benzene rings is 1. The lowest BCUT2D eigenvalue weighted by atomic mass is 9.95. The maximum Gasteiger partial charge on any atom is 0.0270 e. The average Bonchev–Trinajstić information content (AvgIpc) is 2.41. The second-order valence-corrected chi connectivity index (χ2v) is 4.56. The summed E-state index contributed by atoms with van der Waals surface area (Å²) in [6, 6.07) is 14.9. The summed E-state index contributed by atoms with van der Waals surface area (Å²) in [7, 11) is 0. The molecule has 0 saturated carbocycles. The van der Waals surface area contributed by atoms with E-state index in [4.69, 9.17) is 0 Å². The molecular formula is C16H19N. The average molecular weight is 225 g/mol. The second kappa shape index (κ2) is 6.19. The number of pyridine rings is 1. The van der Waals surface area contributed by atoms with Gasteiger partial charge in [0.05, 0.1) is 0 Å². The topological polar surface area (TPSA) is 12.9 Å². The quantitative estimate of drug-likeness (QED) is 0.743. The van der Waals surface area contributed by atoms with Gasteiger partial charge in [-0.2, -0.15) is 0 Å². The highest BCUT2D eigenvalue weighted by Crippen LogP contribution is 2.20. The smallest absolute Gasteiger partial charge is 0.0270 e. The first kappa shape index (κ1) is 11.8. The van der Waals surface area contributed by atoms with Gasteiger partial charge in [-0.1, -0.05) is 37.3 Å². The Kier molecular flexibility index (Phi) is 4.31. The zero-order chi connectivity index (χ0) is 11.9. The summed E-state index contributed by atoms with van der Waals surface area (Å²) >= 11 is 0. The summed E-state index contributed by atoms with van der Waals surface area (Å²) in [6.07, 6.45) is 7.41. The molecule has 1 atom stereocenters. The van der Waals surface area contributed by atoms with Crippen molar-refractivity contribution >= 4 is 0 Å². The van der Waals surface area contributed by atoms with Gasteiger partial charge in [0, 0.05) is 12.4 Å². The van der Waals surface area contributed by atoms with Crippen LogP contribution in [0.3, 0.4) is 0 Å². The van der Waals surface area contributed by atoms with Gasteiger partial charge in [-0.15, -0.1) is 0 Å². The molecule has 0 aliphatic rings. The lowest BCUT2D eigenvalue weighted by Gasteiger charge is -2.11. The van der Waals surface area contributed by atoms with Gasteiger partial charge in [0.2, 0.25) is 0 Å². The molecule has 0 spiro atoms. The number of aromatic nitrogens is 1. The molecule has 1 aromatic heterocycles. The Bertz CT molecular complexity index is 422. The van der Waals surface area contributed by atoms with E-state index < -0.39 is 0 Å². The Morgan fingerprint density at radius 1 is 1.00 bits per heavy atom. The van der Waals surface area contributed by atoms with E-state index in [1.54, 1.807) is 0 Å². The van der Waals surface area contributed by atoms with Crippen molar-refractivity contribution in [3.63, 3.8) is 0 Å². The molecule has 1 unspecified atom stereocenters. The highest BCUT2D eigenvalue weighted by Gasteiger charge is 2.04. The molecule has 0 fully saturated rings. The van der Waals surface area contributed by atoms with Crippen LogP contribution in [0.5, 0.6) is 0 Å². The van der Waals surface area contributed by atoms with Crippen LogP contribution < -0.4 is 0 Å². The molecule has 17 heavy (non-hydrogen) atoms. The van der Waals surface area contributed by atoms with E-state index in [0.29, 0.717) is 5.92 Å². The summed E-state index contributed by atoms with van der Waals surface area (Å²) < 4.78 is 0. The molecule has 1 heteroatoms. The van der Waals surface area contributed by atoms with Crippen molar-refractivity contribution in [3.8, 4) is 0 Å². The summed E-state index contributed by atoms with van der Waals surface area (Å²) in [5.74, 6) is 0.627. The van der Waals surface area contributed by atoms with Crippen molar-refractivity contribution in [1.82, 2.24) is 4.98 Å². The van der Waals surface area contributed by atoms with Crippen LogP contribution in [0.4, 0.5) is 0 Å². The SMILES string of the molecule is CC(CCCc1ccccc1)c1ccncc1. The number of aryl methyl sites for hydroxylation is 1. The maximum atomic E-state index is 4.06. The molecule has 0 saturated heterocycles. The van der Waals surface area contributed by atoms with Gasteiger partial charge in [0.1, 0.15) is 0 Å². The molecule has 1 nitrogen and oxygen atoms in total. The summed E-state index contributed by atoms with van der Waals surface area (Å²) in [6.45, 7) is 2.29. The van der Waals surface area contributed by atoms with Gasteiger partial charge < -0.3 is 0 Å². The first-order valence-electron chi connectivity index (χ1n) is 6.30. The van der Waals surface area contributed by atoms with Gasteiger partial charge >= 0.3 is 0 Å². The van der Waals surface area contributed by atoms with Crippen molar-refractivity contribution in [1.29, 1.82) is 0 Å². The number of hydrogen-bond donors (Lipinski definition) is 0. The van der Waals surface area contributed by atoms with Crippen LogP contribution >= 0.6 is 0 Å². The minimum atomic E-state index is 0.627. The molecule has 2 rings (SSSR count). The van der Waals surface area contributed by atoms with E-state index in [0.717, 1.165) is 0 Å². The van der Waals surface area contributed by atoms with E-state index in [9.17, 15) is 0 Å². The third-order valence-corrected chi connectivity index (χ3v) is 3.22. The van der Waals surface area contributed by atoms with Crippen molar-refractivity contribution in [2.45, 2.75) is 32.1 Å². The van der Waals surface area contributed by atoms with Gasteiger partial charge in [-0.3, -0.25) is 4.98 Å². The molecule has 0 N–H and O–H groups in total. The Balaban J connectivity index is 1.79. The van der Waals surface area contributed by atoms with Crippen molar-refractivity contribution in [3.05, 3.63) is 66.0 Å². The predicted molar refractivity (Wildman–Crippen MR) is 72.0 cm³/mol. The third kappa shape index (κ3) is 3.70. The third-order valence-electron chi connectivity index (χ3n) is 3.22. The second-order valence-electron chi connectivity index (χ2n) is 4.56. The first-order chi connectivity index (χ1) is 8.36. The van der Waals surface area contributed by atoms with Crippen LogP contribution in [0.25, 0.3) is 0 Å². The molecular weight excluding hydrogens is 206 g/mol. The Labute approximate surface area is 104 Å². The molecule has 0 amide bonds. The fraction of sp³-hybridized carbons (Fsp3) is 0.312. The molecule has 0 radical (unpaired) electrons. The molecule has 0 aliphatic heterocycles. The van der Waals surface area contributed by atoms with Crippen molar-refractivity contribution < 1.29 is 0 Å². The van der Waals surface area contributed by atoms with Gasteiger partial charge in [-0.05, 0) is 48.4 Å². The molecule has 0 bridgehead atoms. The van der Waals surface area contributed by atoms with Crippen LogP contribution in [-0.4, -0.2) is 4.98 Å². The lowest BCUT2D eigenvalue weighted by Crippen LogP contribution is -1.95. The van der Waals surface area contributed by atoms with E-state index >= 15 is 0 Å². The lowest BCUT2D eigenvalue weighted by molar-refractivity contribution is 0.633. The Morgan fingerprint density at radius 3 is 2.41 bits per heavy atom. The van der Waals surface area contributed by atoms with E-state index in [1.165, 1.54) is 30.4 Å². The zero-order valence-electron chi connectivity index (χ0n) is 10.3. The standard InChI is InChI=1S/C16H19N/c1-14(16-10-12-17-13-11-16)6-5-9-15-7-3-2-4-8-15/h2-4,7-8,10-14H,5-6,9H2,1H3. The Hall–Kier alpha value is -1.63. The predicted octanol–water partition coefficient (Wildman–Crippen LogP) is 4.21. The van der Waals surface area contributed by atoms with Gasteiger partial charge in [0.15, 0.2) is 0 Å². The van der Waals surface area contributed by atoms with Crippen LogP contribution in [0.2, 0.25) is 0 Å². The molecule has 0 aliphatic carbocycles. The number of nitrogens with zero attached hydrogens (tertiary/aromatic N) is 1. The normalized spacial score (nSPS) is 12.3. The number of rotatable bonds is 5. The van der Waals surface area contributed by atoms with Crippen LogP contribution in [0, 0.1) is 0 Å². The number of hydrogen-bond acceptors (Lipinski definition) is 1. The highest BCUT2D eigenvalue weighted by molar-refractivity contribution is 5.16. The van der Waals surface area contributed by atoms with E-state index in [2.05, 4.69) is 54.4 Å². The summed E-state index contributed by atoms with van der Waals surface area (Å²) in [5.41, 5.74) is 2.84. The van der Waals surface area contributed by atoms with Gasteiger partial charge in [-0.25, -0.2) is 0 Å². The highest BCUT2D eigenvalue weighted by atomic mass is 14.6. The molecule has 1 aromatic carbocycles. The van der Waals surface area contributed by atoms with Crippen LogP contribution in [0.1, 0.15) is 36.8 Å². The summed E-state index contributed by atoms with van der Waals surface area (Å²) in [4.78, 5) is 4.06. The Morgan fingerprint density at radius 2 is 1.71 bits per heavy atom. The minimum absolute atomic E-state index is 0.627. The molecule has 2 aromatic rings. The summed E-state index contributed by atoms with van der Waals surface area (Å²) in [5, 5.41) is 0. The van der Waals surface area contributed by atoms with E-state index in [-0.39, 0.29) is 0 Å². The first-order valence-corrected chi connectivity index (χ1v) is 6.30. The monoisotopic (exact) mass is 225 g/mol. The van der Waals surface area contributed by atoms with Gasteiger partial charge in [0.25, 0.3) is 0 Å². The van der Waals surface area contributed by atoms with Crippen molar-refractivity contribution in [2.24, 2.45) is 0 Å². The van der Waals surface area contributed by atoms with Crippen LogP contribution in [0.15, 0.2) is 54.9 Å². The zero-order valence-corrected chi connectivity index (χ0v) is 10.3. The van der Waals surface area contributed by atoms with E-state index in [1.807, 2.05) is 12.4 Å². The largest absolute Gasteiger partial charge is 0.265 e. The fourth-order valence-electron chi connectivity index (χ4n) is 2.12. The minimum Gasteiger partial charge on any atom is -0.265 e. The molecule has 1 heterocycles. The molecule has 88 valence electrons.